The van der Waals surface area contributed by atoms with Crippen LogP contribution in [0.15, 0.2) is 0 Å². The van der Waals surface area contributed by atoms with Crippen molar-refractivity contribution in [2.45, 2.75) is 51.1 Å². The second-order valence-electron chi connectivity index (χ2n) is 4.61. The first kappa shape index (κ1) is 12.9. The van der Waals surface area contributed by atoms with Gasteiger partial charge in [-0.25, -0.2) is 0 Å². The van der Waals surface area contributed by atoms with E-state index in [1.165, 1.54) is 25.8 Å². The largest absolute Gasteiger partial charge is 0.396 e. The number of hydrogen-bond donors (Lipinski definition) is 2. The smallest absolute Gasteiger partial charge is 0.0431 e. The van der Waals surface area contributed by atoms with E-state index < -0.39 is 0 Å². The van der Waals surface area contributed by atoms with Crippen LogP contribution >= 0.6 is 0 Å². The molecule has 0 aromatic heterocycles. The number of hydrogen-bond acceptors (Lipinski definition) is 3. The average Bonchev–Trinajstić information content (AvgIpc) is 2.29. The summed E-state index contributed by atoms with van der Waals surface area (Å²) in [5.41, 5.74) is 0. The number of nitrogens with zero attached hydrogens (tertiary/aromatic N) is 1. The Morgan fingerprint density at radius 2 is 2.20 bits per heavy atom. The highest BCUT2D eigenvalue weighted by atomic mass is 16.2. The van der Waals surface area contributed by atoms with Gasteiger partial charge in [0, 0.05) is 18.7 Å². The third-order valence-electron chi connectivity index (χ3n) is 3.55. The molecule has 0 saturated carbocycles. The second-order valence-corrected chi connectivity index (χ2v) is 4.61. The molecular weight excluding hydrogens is 188 g/mol. The number of aliphatic hydroxyl groups excluding tert-OH is 1. The number of piperidine rings is 1. The van der Waals surface area contributed by atoms with E-state index in [2.05, 4.69) is 17.1 Å². The van der Waals surface area contributed by atoms with Crippen molar-refractivity contribution in [2.24, 2.45) is 0 Å². The number of nitrogens with one attached hydrogen (secondary N) is 1. The summed E-state index contributed by atoms with van der Waals surface area (Å²) in [5.74, 6) is 0. The summed E-state index contributed by atoms with van der Waals surface area (Å²) >= 11 is 0. The SMILES string of the molecule is CNC(C)C1CCCCN1CCCCO. The predicted octanol–water partition coefficient (Wildman–Crippen LogP) is 1.22. The van der Waals surface area contributed by atoms with E-state index in [1.54, 1.807) is 0 Å². The molecule has 2 atom stereocenters. The molecule has 1 saturated heterocycles. The highest BCUT2D eigenvalue weighted by molar-refractivity contribution is 4.84. The van der Waals surface area contributed by atoms with Crippen LogP contribution < -0.4 is 5.32 Å². The molecule has 1 fully saturated rings. The van der Waals surface area contributed by atoms with E-state index >= 15 is 0 Å². The van der Waals surface area contributed by atoms with Gasteiger partial charge in [0.25, 0.3) is 0 Å². The zero-order valence-corrected chi connectivity index (χ0v) is 10.2. The van der Waals surface area contributed by atoms with Gasteiger partial charge < -0.3 is 10.4 Å². The van der Waals surface area contributed by atoms with Crippen LogP contribution in [0.3, 0.4) is 0 Å². The molecule has 0 amide bonds. The van der Waals surface area contributed by atoms with Crippen LogP contribution in [0.5, 0.6) is 0 Å². The van der Waals surface area contributed by atoms with Gasteiger partial charge in [0.15, 0.2) is 0 Å². The Kier molecular flexibility index (Phi) is 6.22. The van der Waals surface area contributed by atoms with Crippen molar-refractivity contribution in [1.82, 2.24) is 10.2 Å². The van der Waals surface area contributed by atoms with Crippen LogP contribution in [-0.2, 0) is 0 Å². The Labute approximate surface area is 93.9 Å². The molecule has 2 N–H and O–H groups in total. The molecule has 0 aromatic rings. The summed E-state index contributed by atoms with van der Waals surface area (Å²) in [7, 11) is 2.05. The molecule has 0 aromatic carbocycles. The van der Waals surface area contributed by atoms with Crippen molar-refractivity contribution in [3.05, 3.63) is 0 Å². The quantitative estimate of drug-likeness (QED) is 0.653. The first-order valence-corrected chi connectivity index (χ1v) is 6.31. The Hall–Kier alpha value is -0.120. The van der Waals surface area contributed by atoms with Gasteiger partial charge in [-0.1, -0.05) is 6.42 Å². The van der Waals surface area contributed by atoms with Crippen molar-refractivity contribution in [1.29, 1.82) is 0 Å². The molecule has 0 bridgehead atoms. The van der Waals surface area contributed by atoms with Crippen molar-refractivity contribution in [2.75, 3.05) is 26.7 Å². The van der Waals surface area contributed by atoms with Gasteiger partial charge in [-0.05, 0) is 52.7 Å². The molecule has 1 aliphatic rings. The minimum absolute atomic E-state index is 0.333. The Balaban J connectivity index is 2.35. The molecular formula is C12H26N2O. The second kappa shape index (κ2) is 7.20. The molecule has 90 valence electrons. The molecule has 0 radical (unpaired) electrons. The van der Waals surface area contributed by atoms with Gasteiger partial charge >= 0.3 is 0 Å². The lowest BCUT2D eigenvalue weighted by atomic mass is 9.96. The fourth-order valence-corrected chi connectivity index (χ4v) is 2.48. The minimum Gasteiger partial charge on any atom is -0.396 e. The number of likely N-dealkylation sites (tertiary alicyclic amines) is 1. The number of rotatable bonds is 6. The van der Waals surface area contributed by atoms with E-state index in [0.717, 1.165) is 19.4 Å². The maximum atomic E-state index is 8.79. The molecule has 15 heavy (non-hydrogen) atoms. The third kappa shape index (κ3) is 4.09. The van der Waals surface area contributed by atoms with Crippen molar-refractivity contribution >= 4 is 0 Å². The Morgan fingerprint density at radius 3 is 2.87 bits per heavy atom. The number of aliphatic hydroxyl groups is 1. The zero-order valence-electron chi connectivity index (χ0n) is 10.2. The molecule has 3 heteroatoms. The maximum Gasteiger partial charge on any atom is 0.0431 e. The lowest BCUT2D eigenvalue weighted by molar-refractivity contribution is 0.117. The summed E-state index contributed by atoms with van der Waals surface area (Å²) in [5, 5.41) is 12.2. The van der Waals surface area contributed by atoms with Crippen LogP contribution in [0.25, 0.3) is 0 Å². The lowest BCUT2D eigenvalue weighted by Gasteiger charge is -2.39. The van der Waals surface area contributed by atoms with Gasteiger partial charge in [-0.2, -0.15) is 0 Å². The summed E-state index contributed by atoms with van der Waals surface area (Å²) in [4.78, 5) is 2.60. The van der Waals surface area contributed by atoms with E-state index in [4.69, 9.17) is 5.11 Å². The molecule has 0 aliphatic carbocycles. The van der Waals surface area contributed by atoms with E-state index in [0.29, 0.717) is 18.7 Å². The molecule has 0 spiro atoms. The average molecular weight is 214 g/mol. The van der Waals surface area contributed by atoms with Gasteiger partial charge in [0.2, 0.25) is 0 Å². The van der Waals surface area contributed by atoms with E-state index in [-0.39, 0.29) is 0 Å². The van der Waals surface area contributed by atoms with E-state index in [9.17, 15) is 0 Å². The van der Waals surface area contributed by atoms with Crippen molar-refractivity contribution in [3.63, 3.8) is 0 Å². The molecule has 1 heterocycles. The Bertz CT molecular complexity index is 164. The van der Waals surface area contributed by atoms with Crippen LogP contribution in [-0.4, -0.2) is 48.8 Å². The molecule has 1 aliphatic heterocycles. The maximum absolute atomic E-state index is 8.79. The first-order valence-electron chi connectivity index (χ1n) is 6.31. The highest BCUT2D eigenvalue weighted by Crippen LogP contribution is 2.20. The Morgan fingerprint density at radius 1 is 1.40 bits per heavy atom. The first-order chi connectivity index (χ1) is 7.29. The zero-order chi connectivity index (χ0) is 11.1. The fourth-order valence-electron chi connectivity index (χ4n) is 2.48. The monoisotopic (exact) mass is 214 g/mol. The van der Waals surface area contributed by atoms with Gasteiger partial charge in [-0.3, -0.25) is 4.90 Å². The molecule has 2 unspecified atom stereocenters. The van der Waals surface area contributed by atoms with Crippen molar-refractivity contribution < 1.29 is 5.11 Å². The molecule has 3 nitrogen and oxygen atoms in total. The van der Waals surface area contributed by atoms with Crippen LogP contribution in [0.4, 0.5) is 0 Å². The predicted molar refractivity (Wildman–Crippen MR) is 64.1 cm³/mol. The summed E-state index contributed by atoms with van der Waals surface area (Å²) < 4.78 is 0. The van der Waals surface area contributed by atoms with Gasteiger partial charge in [-0.15, -0.1) is 0 Å². The number of likely N-dealkylation sites (N-methyl/N-ethyl adjacent to an activating group) is 1. The summed E-state index contributed by atoms with van der Waals surface area (Å²) in [6.45, 7) is 4.99. The summed E-state index contributed by atoms with van der Waals surface area (Å²) in [6.07, 6.45) is 6.10. The van der Waals surface area contributed by atoms with Crippen LogP contribution in [0.2, 0.25) is 0 Å². The topological polar surface area (TPSA) is 35.5 Å². The van der Waals surface area contributed by atoms with Gasteiger partial charge in [0.05, 0.1) is 0 Å². The molecule has 1 rings (SSSR count). The minimum atomic E-state index is 0.333. The van der Waals surface area contributed by atoms with Crippen LogP contribution in [0.1, 0.15) is 39.0 Å². The normalized spacial score (nSPS) is 25.4. The highest BCUT2D eigenvalue weighted by Gasteiger charge is 2.25. The third-order valence-corrected chi connectivity index (χ3v) is 3.55. The fraction of sp³-hybridized carbons (Fsp3) is 1.00. The van der Waals surface area contributed by atoms with Crippen LogP contribution in [0, 0.1) is 0 Å². The number of unbranched alkanes of at least 4 members (excludes halogenated alkanes) is 1. The lowest BCUT2D eigenvalue weighted by Crippen LogP contribution is -2.50. The van der Waals surface area contributed by atoms with E-state index in [1.807, 2.05) is 7.05 Å². The van der Waals surface area contributed by atoms with Crippen molar-refractivity contribution in [3.8, 4) is 0 Å². The summed E-state index contributed by atoms with van der Waals surface area (Å²) in [6, 6.07) is 1.28. The van der Waals surface area contributed by atoms with Gasteiger partial charge in [0.1, 0.15) is 0 Å². The standard InChI is InChI=1S/C12H26N2O/c1-11(13-2)12-7-3-4-8-14(12)9-5-6-10-15/h11-13,15H,3-10H2,1-2H3.